The summed E-state index contributed by atoms with van der Waals surface area (Å²) in [5, 5.41) is 4.38. The summed E-state index contributed by atoms with van der Waals surface area (Å²) >= 11 is 1.77. The molecule has 3 heteroatoms. The van der Waals surface area contributed by atoms with E-state index in [9.17, 15) is 0 Å². The molecule has 0 aromatic carbocycles. The Labute approximate surface area is 80.9 Å². The first kappa shape index (κ1) is 7.33. The zero-order chi connectivity index (χ0) is 8.67. The van der Waals surface area contributed by atoms with Crippen LogP contribution in [0, 0.1) is 0 Å². The van der Waals surface area contributed by atoms with Gasteiger partial charge in [0, 0.05) is 11.9 Å². The molecule has 0 saturated carbocycles. The fraction of sp³-hybridized carbons (Fsp3) is 0.300. The smallest absolute Gasteiger partial charge is 0.0953 e. The summed E-state index contributed by atoms with van der Waals surface area (Å²) in [6, 6.07) is 2.76. The fourth-order valence-electron chi connectivity index (χ4n) is 2.02. The summed E-state index contributed by atoms with van der Waals surface area (Å²) in [5.41, 5.74) is 2.80. The maximum Gasteiger partial charge on any atom is 0.0953 e. The molecule has 1 atom stereocenters. The van der Waals surface area contributed by atoms with E-state index in [1.54, 1.807) is 11.3 Å². The Bertz CT molecular complexity index is 402. The van der Waals surface area contributed by atoms with Gasteiger partial charge in [0.2, 0.25) is 0 Å². The number of thiophene rings is 1. The normalized spacial score (nSPS) is 20.5. The average Bonchev–Trinajstić information content (AvgIpc) is 2.79. The maximum atomic E-state index is 4.17. The van der Waals surface area contributed by atoms with Crippen LogP contribution < -0.4 is 0 Å². The molecule has 0 radical (unpaired) electrons. The minimum atomic E-state index is 0.545. The van der Waals surface area contributed by atoms with E-state index in [0.717, 1.165) is 0 Å². The first-order valence-corrected chi connectivity index (χ1v) is 5.42. The first-order chi connectivity index (χ1) is 6.45. The molecule has 0 bridgehead atoms. The molecular formula is C10H10N2S. The van der Waals surface area contributed by atoms with Crippen molar-refractivity contribution in [3.63, 3.8) is 0 Å². The largest absolute Gasteiger partial charge is 0.327 e. The van der Waals surface area contributed by atoms with Crippen molar-refractivity contribution in [1.29, 1.82) is 0 Å². The monoisotopic (exact) mass is 190 g/mol. The second-order valence-electron chi connectivity index (χ2n) is 3.40. The molecule has 66 valence electrons. The zero-order valence-electron chi connectivity index (χ0n) is 7.18. The van der Waals surface area contributed by atoms with Gasteiger partial charge in [-0.05, 0) is 35.2 Å². The van der Waals surface area contributed by atoms with Crippen LogP contribution in [0.2, 0.25) is 0 Å². The van der Waals surface area contributed by atoms with Gasteiger partial charge in [0.15, 0.2) is 0 Å². The predicted octanol–water partition coefficient (Wildman–Crippen LogP) is 2.48. The van der Waals surface area contributed by atoms with E-state index in [-0.39, 0.29) is 0 Å². The van der Waals surface area contributed by atoms with Gasteiger partial charge in [0.05, 0.1) is 12.4 Å². The van der Waals surface area contributed by atoms with Crippen LogP contribution in [-0.4, -0.2) is 9.55 Å². The van der Waals surface area contributed by atoms with Crippen LogP contribution in [0.3, 0.4) is 0 Å². The number of rotatable bonds is 1. The molecule has 1 unspecified atom stereocenters. The zero-order valence-corrected chi connectivity index (χ0v) is 8.00. The first-order valence-electron chi connectivity index (χ1n) is 4.48. The van der Waals surface area contributed by atoms with Crippen molar-refractivity contribution in [2.75, 3.05) is 0 Å². The molecule has 3 heterocycles. The topological polar surface area (TPSA) is 17.8 Å². The van der Waals surface area contributed by atoms with Crippen LogP contribution in [-0.2, 0) is 6.42 Å². The van der Waals surface area contributed by atoms with E-state index in [4.69, 9.17) is 0 Å². The molecule has 2 aromatic heterocycles. The van der Waals surface area contributed by atoms with E-state index in [0.29, 0.717) is 6.04 Å². The van der Waals surface area contributed by atoms with Crippen molar-refractivity contribution in [3.05, 3.63) is 40.6 Å². The minimum absolute atomic E-state index is 0.545. The quantitative estimate of drug-likeness (QED) is 0.675. The van der Waals surface area contributed by atoms with Crippen LogP contribution in [0.1, 0.15) is 23.7 Å². The highest BCUT2D eigenvalue weighted by Crippen LogP contribution is 2.32. The third-order valence-corrected chi connectivity index (χ3v) is 3.39. The Morgan fingerprint density at radius 2 is 2.54 bits per heavy atom. The molecule has 0 spiro atoms. The van der Waals surface area contributed by atoms with Gasteiger partial charge in [-0.3, -0.25) is 0 Å². The van der Waals surface area contributed by atoms with Gasteiger partial charge in [0.1, 0.15) is 0 Å². The van der Waals surface area contributed by atoms with Gasteiger partial charge in [-0.2, -0.15) is 11.3 Å². The molecule has 0 amide bonds. The van der Waals surface area contributed by atoms with Gasteiger partial charge in [0.25, 0.3) is 0 Å². The molecule has 3 rings (SSSR count). The highest BCUT2D eigenvalue weighted by atomic mass is 32.1. The minimum Gasteiger partial charge on any atom is -0.327 e. The highest BCUT2D eigenvalue weighted by Gasteiger charge is 2.22. The van der Waals surface area contributed by atoms with E-state index < -0.39 is 0 Å². The molecule has 1 aliphatic rings. The molecule has 1 aliphatic heterocycles. The van der Waals surface area contributed by atoms with Crippen LogP contribution >= 0.6 is 11.3 Å². The number of aromatic nitrogens is 2. The Morgan fingerprint density at radius 1 is 1.54 bits per heavy atom. The summed E-state index contributed by atoms with van der Waals surface area (Å²) in [6.07, 6.45) is 6.33. The summed E-state index contributed by atoms with van der Waals surface area (Å²) < 4.78 is 2.29. The standard InChI is InChI=1S/C10H10N2S/c1-2-10(8-3-4-13-6-8)12-7-11-5-9(1)12/h3-7,10H,1-2H2. The molecule has 0 saturated heterocycles. The van der Waals surface area contributed by atoms with Crippen LogP contribution in [0.15, 0.2) is 29.4 Å². The lowest BCUT2D eigenvalue weighted by molar-refractivity contribution is 0.618. The summed E-state index contributed by atoms with van der Waals surface area (Å²) in [5.74, 6) is 0. The second kappa shape index (κ2) is 2.70. The van der Waals surface area contributed by atoms with Gasteiger partial charge in [-0.15, -0.1) is 0 Å². The van der Waals surface area contributed by atoms with E-state index in [1.807, 2.05) is 12.5 Å². The van der Waals surface area contributed by atoms with Crippen LogP contribution in [0.5, 0.6) is 0 Å². The van der Waals surface area contributed by atoms with Gasteiger partial charge >= 0.3 is 0 Å². The van der Waals surface area contributed by atoms with Crippen molar-refractivity contribution in [2.24, 2.45) is 0 Å². The molecule has 0 N–H and O–H groups in total. The second-order valence-corrected chi connectivity index (χ2v) is 4.18. The van der Waals surface area contributed by atoms with Crippen molar-refractivity contribution in [2.45, 2.75) is 18.9 Å². The number of nitrogens with zero attached hydrogens (tertiary/aromatic N) is 2. The third-order valence-electron chi connectivity index (χ3n) is 2.68. The Kier molecular flexibility index (Phi) is 1.52. The van der Waals surface area contributed by atoms with Crippen molar-refractivity contribution in [1.82, 2.24) is 9.55 Å². The van der Waals surface area contributed by atoms with Gasteiger partial charge in [-0.1, -0.05) is 0 Å². The molecule has 0 aliphatic carbocycles. The summed E-state index contributed by atoms with van der Waals surface area (Å²) in [4.78, 5) is 4.17. The van der Waals surface area contributed by atoms with E-state index >= 15 is 0 Å². The number of aryl methyl sites for hydroxylation is 1. The van der Waals surface area contributed by atoms with Crippen LogP contribution in [0.25, 0.3) is 0 Å². The summed E-state index contributed by atoms with van der Waals surface area (Å²) in [7, 11) is 0. The molecule has 13 heavy (non-hydrogen) atoms. The van der Waals surface area contributed by atoms with Gasteiger partial charge in [-0.25, -0.2) is 4.98 Å². The number of hydrogen-bond donors (Lipinski definition) is 0. The van der Waals surface area contributed by atoms with Crippen molar-refractivity contribution in [3.8, 4) is 0 Å². The Hall–Kier alpha value is -1.09. The van der Waals surface area contributed by atoms with Crippen molar-refractivity contribution < 1.29 is 0 Å². The third kappa shape index (κ3) is 1.04. The van der Waals surface area contributed by atoms with Gasteiger partial charge < -0.3 is 4.57 Å². The van der Waals surface area contributed by atoms with E-state index in [1.165, 1.54) is 24.1 Å². The van der Waals surface area contributed by atoms with Crippen LogP contribution in [0.4, 0.5) is 0 Å². The lowest BCUT2D eigenvalue weighted by Crippen LogP contribution is -2.02. The SMILES string of the molecule is c1cc(C2CCc3cncn32)cs1. The number of hydrogen-bond acceptors (Lipinski definition) is 2. The van der Waals surface area contributed by atoms with Crippen molar-refractivity contribution >= 4 is 11.3 Å². The lowest BCUT2D eigenvalue weighted by Gasteiger charge is -2.10. The summed E-state index contributed by atoms with van der Waals surface area (Å²) in [6.45, 7) is 0. The number of imidazole rings is 1. The Morgan fingerprint density at radius 3 is 3.38 bits per heavy atom. The fourth-order valence-corrected chi connectivity index (χ4v) is 2.73. The molecular weight excluding hydrogens is 180 g/mol. The van der Waals surface area contributed by atoms with E-state index in [2.05, 4.69) is 26.4 Å². The lowest BCUT2D eigenvalue weighted by atomic mass is 10.1. The molecule has 0 fully saturated rings. The molecule has 2 nitrogen and oxygen atoms in total. The predicted molar refractivity (Wildman–Crippen MR) is 53.0 cm³/mol. The Balaban J connectivity index is 2.05. The highest BCUT2D eigenvalue weighted by molar-refractivity contribution is 7.07. The number of fused-ring (bicyclic) bond motifs is 1. The molecule has 2 aromatic rings. The maximum absolute atomic E-state index is 4.17. The average molecular weight is 190 g/mol.